The molecule has 0 aromatic heterocycles. The molecule has 0 radical (unpaired) electrons. The molecule has 0 heterocycles. The van der Waals surface area contributed by atoms with Gasteiger partial charge in [0.15, 0.2) is 0 Å². The molecular formula is C10H8BrF3O3. The number of hydrogen-bond donors (Lipinski definition) is 0. The Bertz CT molecular complexity index is 418. The number of ether oxygens (including phenoxy) is 2. The molecule has 0 atom stereocenters. The molecule has 1 aromatic rings. The average Bonchev–Trinajstić information content (AvgIpc) is 2.14. The Morgan fingerprint density at radius 2 is 2.00 bits per heavy atom. The molecule has 0 N–H and O–H groups in total. The van der Waals surface area contributed by atoms with Crippen LogP contribution in [-0.4, -0.2) is 18.9 Å². The smallest absolute Gasteiger partial charge is 0.462 e. The molecule has 0 saturated carbocycles. The van der Waals surface area contributed by atoms with Gasteiger partial charge in [-0.15, -0.1) is 13.2 Å². The predicted octanol–water partition coefficient (Wildman–Crippen LogP) is 3.52. The monoisotopic (exact) mass is 312 g/mol. The molecule has 0 aliphatic heterocycles. The zero-order chi connectivity index (χ0) is 13.1. The fourth-order valence-corrected chi connectivity index (χ4v) is 1.56. The SMILES string of the molecule is CCOC(=O)c1cc(Br)cc(OC(F)(F)F)c1. The standard InChI is InChI=1S/C10H8BrF3O3/c1-2-16-9(15)6-3-7(11)5-8(4-6)17-10(12,13)14/h3-5H,2H2,1H3. The molecule has 0 bridgehead atoms. The quantitative estimate of drug-likeness (QED) is 0.801. The van der Waals surface area contributed by atoms with Crippen LogP contribution in [0.4, 0.5) is 13.2 Å². The molecule has 0 saturated heterocycles. The van der Waals surface area contributed by atoms with Crippen LogP contribution < -0.4 is 4.74 Å². The maximum Gasteiger partial charge on any atom is 0.573 e. The molecule has 3 nitrogen and oxygen atoms in total. The van der Waals surface area contributed by atoms with Crippen LogP contribution in [0.5, 0.6) is 5.75 Å². The van der Waals surface area contributed by atoms with Crippen LogP contribution in [-0.2, 0) is 4.74 Å². The van der Waals surface area contributed by atoms with Crippen molar-refractivity contribution in [2.45, 2.75) is 13.3 Å². The van der Waals surface area contributed by atoms with Gasteiger partial charge in [0.2, 0.25) is 0 Å². The largest absolute Gasteiger partial charge is 0.573 e. The minimum atomic E-state index is -4.80. The summed E-state index contributed by atoms with van der Waals surface area (Å²) in [5.74, 6) is -1.18. The number of rotatable bonds is 3. The van der Waals surface area contributed by atoms with E-state index in [0.717, 1.165) is 12.1 Å². The third-order valence-corrected chi connectivity index (χ3v) is 2.07. The summed E-state index contributed by atoms with van der Waals surface area (Å²) in [6.07, 6.45) is -4.80. The van der Waals surface area contributed by atoms with Crippen molar-refractivity contribution in [3.05, 3.63) is 28.2 Å². The van der Waals surface area contributed by atoms with Gasteiger partial charge < -0.3 is 9.47 Å². The van der Waals surface area contributed by atoms with Gasteiger partial charge in [0, 0.05) is 4.47 Å². The molecule has 0 amide bonds. The third kappa shape index (κ3) is 4.64. The normalized spacial score (nSPS) is 11.1. The van der Waals surface area contributed by atoms with Gasteiger partial charge in [-0.1, -0.05) is 15.9 Å². The summed E-state index contributed by atoms with van der Waals surface area (Å²) in [6.45, 7) is 1.74. The third-order valence-electron chi connectivity index (χ3n) is 1.62. The van der Waals surface area contributed by atoms with Gasteiger partial charge in [0.05, 0.1) is 12.2 Å². The fourth-order valence-electron chi connectivity index (χ4n) is 1.09. The zero-order valence-corrected chi connectivity index (χ0v) is 10.3. The van der Waals surface area contributed by atoms with Crippen LogP contribution in [0, 0.1) is 0 Å². The van der Waals surface area contributed by atoms with Crippen molar-refractivity contribution in [1.29, 1.82) is 0 Å². The first-order chi connectivity index (χ1) is 7.81. The lowest BCUT2D eigenvalue weighted by Gasteiger charge is -2.10. The van der Waals surface area contributed by atoms with Crippen molar-refractivity contribution < 1.29 is 27.4 Å². The fraction of sp³-hybridized carbons (Fsp3) is 0.300. The Kier molecular flexibility index (Phi) is 4.39. The Morgan fingerprint density at radius 1 is 1.35 bits per heavy atom. The minimum absolute atomic E-state index is 0.0134. The van der Waals surface area contributed by atoms with Crippen LogP contribution in [0.1, 0.15) is 17.3 Å². The van der Waals surface area contributed by atoms with Crippen LogP contribution in [0.2, 0.25) is 0 Å². The van der Waals surface area contributed by atoms with Crippen molar-refractivity contribution >= 4 is 21.9 Å². The van der Waals surface area contributed by atoms with E-state index in [1.165, 1.54) is 6.07 Å². The summed E-state index contributed by atoms with van der Waals surface area (Å²) >= 11 is 2.98. The Balaban J connectivity index is 2.98. The van der Waals surface area contributed by atoms with E-state index in [-0.39, 0.29) is 12.2 Å². The second kappa shape index (κ2) is 5.39. The van der Waals surface area contributed by atoms with Crippen molar-refractivity contribution in [2.24, 2.45) is 0 Å². The summed E-state index contributed by atoms with van der Waals surface area (Å²) in [5, 5.41) is 0. The predicted molar refractivity (Wildman–Crippen MR) is 56.8 cm³/mol. The molecule has 1 rings (SSSR count). The summed E-state index contributed by atoms with van der Waals surface area (Å²) in [4.78, 5) is 11.3. The number of carbonyl (C=O) groups excluding carboxylic acids is 1. The average molecular weight is 313 g/mol. The summed E-state index contributed by atoms with van der Waals surface area (Å²) in [5.41, 5.74) is -0.0134. The lowest BCUT2D eigenvalue weighted by molar-refractivity contribution is -0.274. The van der Waals surface area contributed by atoms with Crippen LogP contribution in [0.3, 0.4) is 0 Å². The Labute approximate surface area is 104 Å². The van der Waals surface area contributed by atoms with E-state index in [2.05, 4.69) is 25.4 Å². The summed E-state index contributed by atoms with van der Waals surface area (Å²) in [6, 6.07) is 3.42. The van der Waals surface area contributed by atoms with Crippen molar-refractivity contribution in [1.82, 2.24) is 0 Å². The number of esters is 1. The molecule has 0 aliphatic rings. The van der Waals surface area contributed by atoms with E-state index in [1.54, 1.807) is 6.92 Å². The van der Waals surface area contributed by atoms with E-state index in [0.29, 0.717) is 4.47 Å². The van der Waals surface area contributed by atoms with E-state index in [1.807, 2.05) is 0 Å². The van der Waals surface area contributed by atoms with Crippen LogP contribution >= 0.6 is 15.9 Å². The van der Waals surface area contributed by atoms with E-state index in [9.17, 15) is 18.0 Å². The molecule has 0 spiro atoms. The molecule has 1 aromatic carbocycles. The lowest BCUT2D eigenvalue weighted by Crippen LogP contribution is -2.17. The van der Waals surface area contributed by atoms with Crippen molar-refractivity contribution in [3.8, 4) is 5.75 Å². The number of alkyl halides is 3. The maximum atomic E-state index is 12.0. The number of benzene rings is 1. The van der Waals surface area contributed by atoms with Gasteiger partial charge in [0.25, 0.3) is 0 Å². The Morgan fingerprint density at radius 3 is 2.53 bits per heavy atom. The minimum Gasteiger partial charge on any atom is -0.462 e. The van der Waals surface area contributed by atoms with Gasteiger partial charge >= 0.3 is 12.3 Å². The highest BCUT2D eigenvalue weighted by Gasteiger charge is 2.31. The molecule has 0 unspecified atom stereocenters. The zero-order valence-electron chi connectivity index (χ0n) is 8.68. The van der Waals surface area contributed by atoms with E-state index < -0.39 is 18.1 Å². The van der Waals surface area contributed by atoms with Gasteiger partial charge in [-0.2, -0.15) is 0 Å². The second-order valence-electron chi connectivity index (χ2n) is 2.94. The molecule has 17 heavy (non-hydrogen) atoms. The molecule has 0 fully saturated rings. The second-order valence-corrected chi connectivity index (χ2v) is 3.86. The Hall–Kier alpha value is -1.24. The van der Waals surface area contributed by atoms with Gasteiger partial charge in [-0.25, -0.2) is 4.79 Å². The highest BCUT2D eigenvalue weighted by molar-refractivity contribution is 9.10. The number of hydrogen-bond acceptors (Lipinski definition) is 3. The topological polar surface area (TPSA) is 35.5 Å². The molecule has 7 heteroatoms. The number of carbonyl (C=O) groups is 1. The van der Waals surface area contributed by atoms with Crippen molar-refractivity contribution in [2.75, 3.05) is 6.61 Å². The van der Waals surface area contributed by atoms with E-state index in [4.69, 9.17) is 0 Å². The first-order valence-electron chi connectivity index (χ1n) is 4.55. The van der Waals surface area contributed by atoms with Crippen LogP contribution in [0.15, 0.2) is 22.7 Å². The van der Waals surface area contributed by atoms with Crippen molar-refractivity contribution in [3.63, 3.8) is 0 Å². The lowest BCUT2D eigenvalue weighted by atomic mass is 10.2. The highest BCUT2D eigenvalue weighted by Crippen LogP contribution is 2.27. The number of halogens is 4. The highest BCUT2D eigenvalue weighted by atomic mass is 79.9. The van der Waals surface area contributed by atoms with Gasteiger partial charge in [0.1, 0.15) is 5.75 Å². The maximum absolute atomic E-state index is 12.0. The first kappa shape index (κ1) is 13.8. The van der Waals surface area contributed by atoms with Crippen LogP contribution in [0.25, 0.3) is 0 Å². The van der Waals surface area contributed by atoms with Gasteiger partial charge in [-0.05, 0) is 25.1 Å². The molecular weight excluding hydrogens is 305 g/mol. The summed E-state index contributed by atoms with van der Waals surface area (Å²) in [7, 11) is 0. The molecule has 94 valence electrons. The van der Waals surface area contributed by atoms with Gasteiger partial charge in [-0.3, -0.25) is 0 Å². The molecule has 0 aliphatic carbocycles. The van der Waals surface area contributed by atoms with E-state index >= 15 is 0 Å². The summed E-state index contributed by atoms with van der Waals surface area (Å²) < 4.78 is 44.7. The first-order valence-corrected chi connectivity index (χ1v) is 5.34.